The Kier molecular flexibility index (Phi) is 6.82. The zero-order valence-electron chi connectivity index (χ0n) is 15.1. The van der Waals surface area contributed by atoms with Crippen molar-refractivity contribution in [3.8, 4) is 11.5 Å². The Labute approximate surface area is 164 Å². The molecule has 6 heteroatoms. The fraction of sp³-hybridized carbons (Fsp3) is 0.238. The molecule has 3 N–H and O–H groups in total. The normalized spacial score (nSPS) is 10.5. The van der Waals surface area contributed by atoms with Crippen LogP contribution in [0.5, 0.6) is 11.5 Å². The Morgan fingerprint density at radius 3 is 2.59 bits per heavy atom. The molecule has 0 saturated carbocycles. The summed E-state index contributed by atoms with van der Waals surface area (Å²) in [4.78, 5) is 4.40. The number of ether oxygens (including phenoxy) is 2. The lowest BCUT2D eigenvalue weighted by molar-refractivity contribution is 0.281. The molecular formula is C21H23N3O2S. The van der Waals surface area contributed by atoms with Gasteiger partial charge in [-0.2, -0.15) is 0 Å². The number of hydrogen-bond donors (Lipinski definition) is 2. The molecule has 2 aromatic carbocycles. The smallest absolute Gasteiger partial charge is 0.168 e. The lowest BCUT2D eigenvalue weighted by Gasteiger charge is -2.10. The number of thiocarbonyl (C=S) groups is 1. The first-order chi connectivity index (χ1) is 13.2. The minimum Gasteiger partial charge on any atom is -0.494 e. The van der Waals surface area contributed by atoms with Gasteiger partial charge in [0.1, 0.15) is 17.0 Å². The van der Waals surface area contributed by atoms with Crippen molar-refractivity contribution < 1.29 is 9.47 Å². The first kappa shape index (κ1) is 18.9. The fourth-order valence-electron chi connectivity index (χ4n) is 2.75. The zero-order chi connectivity index (χ0) is 18.9. The first-order valence-electron chi connectivity index (χ1n) is 8.98. The maximum atomic E-state index is 5.90. The number of nitrogens with two attached hydrogens (primary N) is 1. The topological polar surface area (TPSA) is 69.4 Å². The molecule has 1 heterocycles. The van der Waals surface area contributed by atoms with E-state index in [1.54, 1.807) is 6.20 Å². The lowest BCUT2D eigenvalue weighted by atomic mass is 10.2. The molecule has 27 heavy (non-hydrogen) atoms. The van der Waals surface area contributed by atoms with Gasteiger partial charge in [0.25, 0.3) is 0 Å². The van der Waals surface area contributed by atoms with Crippen molar-refractivity contribution >= 4 is 33.9 Å². The van der Waals surface area contributed by atoms with E-state index in [0.29, 0.717) is 13.2 Å². The van der Waals surface area contributed by atoms with Gasteiger partial charge in [-0.05, 0) is 55.7 Å². The third-order valence-electron chi connectivity index (χ3n) is 4.01. The number of unbranched alkanes of at least 4 members (excludes halogenated alkanes) is 2. The summed E-state index contributed by atoms with van der Waals surface area (Å²) in [6.07, 6.45) is 4.75. The molecule has 0 aliphatic carbocycles. The van der Waals surface area contributed by atoms with Gasteiger partial charge in [0.15, 0.2) is 5.11 Å². The molecule has 1 aromatic heterocycles. The van der Waals surface area contributed by atoms with Crippen LogP contribution in [0.3, 0.4) is 0 Å². The van der Waals surface area contributed by atoms with Crippen LogP contribution in [0.2, 0.25) is 0 Å². The molecule has 0 radical (unpaired) electrons. The van der Waals surface area contributed by atoms with Gasteiger partial charge in [-0.3, -0.25) is 4.98 Å². The average Bonchev–Trinajstić information content (AvgIpc) is 2.67. The van der Waals surface area contributed by atoms with Crippen LogP contribution in [0.4, 0.5) is 5.69 Å². The number of rotatable bonds is 9. The van der Waals surface area contributed by atoms with Crippen LogP contribution in [0.15, 0.2) is 60.8 Å². The van der Waals surface area contributed by atoms with Gasteiger partial charge in [0, 0.05) is 23.3 Å². The predicted octanol–water partition coefficient (Wildman–Crippen LogP) is 4.52. The van der Waals surface area contributed by atoms with Crippen molar-refractivity contribution in [3.63, 3.8) is 0 Å². The van der Waals surface area contributed by atoms with Crippen LogP contribution in [0.25, 0.3) is 10.9 Å². The molecule has 0 saturated heterocycles. The maximum absolute atomic E-state index is 5.90. The highest BCUT2D eigenvalue weighted by atomic mass is 32.1. The Balaban J connectivity index is 1.36. The standard InChI is InChI=1S/C21H23N3O2S/c22-21(27)24-17-9-5-10-18(15-17)25-13-2-1-3-14-26-19-11-4-7-16-8-6-12-23-20(16)19/h4-12,15H,1-3,13-14H2,(H3,22,24,27). The van der Waals surface area contributed by atoms with Crippen molar-refractivity contribution in [1.29, 1.82) is 0 Å². The van der Waals surface area contributed by atoms with Crippen molar-refractivity contribution in [2.45, 2.75) is 19.3 Å². The summed E-state index contributed by atoms with van der Waals surface area (Å²) in [5.74, 6) is 1.64. The minimum absolute atomic E-state index is 0.244. The average molecular weight is 382 g/mol. The first-order valence-corrected chi connectivity index (χ1v) is 9.39. The van der Waals surface area contributed by atoms with Crippen LogP contribution >= 0.6 is 12.2 Å². The van der Waals surface area contributed by atoms with Gasteiger partial charge in [0.2, 0.25) is 0 Å². The van der Waals surface area contributed by atoms with Gasteiger partial charge < -0.3 is 20.5 Å². The third kappa shape index (κ3) is 5.82. The lowest BCUT2D eigenvalue weighted by Crippen LogP contribution is -2.18. The molecule has 0 unspecified atom stereocenters. The third-order valence-corrected chi connectivity index (χ3v) is 4.11. The van der Waals surface area contributed by atoms with E-state index in [0.717, 1.165) is 47.4 Å². The number of pyridine rings is 1. The fourth-order valence-corrected chi connectivity index (χ4v) is 2.87. The summed E-state index contributed by atoms with van der Waals surface area (Å²) in [6, 6.07) is 17.6. The van der Waals surface area contributed by atoms with Gasteiger partial charge in [0.05, 0.1) is 13.2 Å². The summed E-state index contributed by atoms with van der Waals surface area (Å²) in [5.41, 5.74) is 7.22. The van der Waals surface area contributed by atoms with Crippen LogP contribution < -0.4 is 20.5 Å². The molecule has 0 bridgehead atoms. The second kappa shape index (κ2) is 9.73. The van der Waals surface area contributed by atoms with Crippen molar-refractivity contribution in [2.24, 2.45) is 5.73 Å². The van der Waals surface area contributed by atoms with Gasteiger partial charge in [-0.25, -0.2) is 0 Å². The van der Waals surface area contributed by atoms with Crippen molar-refractivity contribution in [2.75, 3.05) is 18.5 Å². The van der Waals surface area contributed by atoms with E-state index in [-0.39, 0.29) is 5.11 Å². The monoisotopic (exact) mass is 381 g/mol. The van der Waals surface area contributed by atoms with E-state index in [1.807, 2.05) is 54.6 Å². The number of nitrogens with one attached hydrogen (secondary N) is 1. The number of para-hydroxylation sites is 1. The molecule has 0 atom stereocenters. The molecule has 0 spiro atoms. The van der Waals surface area contributed by atoms with E-state index in [4.69, 9.17) is 27.4 Å². The predicted molar refractivity (Wildman–Crippen MR) is 113 cm³/mol. The highest BCUT2D eigenvalue weighted by Crippen LogP contribution is 2.23. The van der Waals surface area contributed by atoms with Crippen molar-refractivity contribution in [1.82, 2.24) is 4.98 Å². The highest BCUT2D eigenvalue weighted by molar-refractivity contribution is 7.80. The molecule has 0 amide bonds. The Bertz CT molecular complexity index is 896. The quantitative estimate of drug-likeness (QED) is 0.420. The minimum atomic E-state index is 0.244. The van der Waals surface area contributed by atoms with Crippen molar-refractivity contribution in [3.05, 3.63) is 60.8 Å². The van der Waals surface area contributed by atoms with Gasteiger partial charge >= 0.3 is 0 Å². The number of anilines is 1. The van der Waals surface area contributed by atoms with Gasteiger partial charge in [-0.1, -0.05) is 24.3 Å². The summed E-state index contributed by atoms with van der Waals surface area (Å²) in [5, 5.41) is 4.24. The largest absolute Gasteiger partial charge is 0.494 e. The SMILES string of the molecule is NC(=S)Nc1cccc(OCCCCCOc2cccc3cccnc23)c1. The molecule has 0 aliphatic rings. The second-order valence-corrected chi connectivity index (χ2v) is 6.55. The summed E-state index contributed by atoms with van der Waals surface area (Å²) >= 11 is 4.84. The second-order valence-electron chi connectivity index (χ2n) is 6.11. The Morgan fingerprint density at radius 2 is 1.74 bits per heavy atom. The van der Waals surface area contributed by atoms with Crippen LogP contribution in [-0.2, 0) is 0 Å². The summed E-state index contributed by atoms with van der Waals surface area (Å²) < 4.78 is 11.7. The van der Waals surface area contributed by atoms with E-state index in [1.165, 1.54) is 0 Å². The summed E-state index contributed by atoms with van der Waals surface area (Å²) in [6.45, 7) is 1.33. The van der Waals surface area contributed by atoms with Crippen LogP contribution in [0, 0.1) is 0 Å². The molecule has 3 aromatic rings. The number of hydrogen-bond acceptors (Lipinski definition) is 4. The number of benzene rings is 2. The van der Waals surface area contributed by atoms with E-state index >= 15 is 0 Å². The maximum Gasteiger partial charge on any atom is 0.168 e. The highest BCUT2D eigenvalue weighted by Gasteiger charge is 2.02. The number of fused-ring (bicyclic) bond motifs is 1. The molecule has 0 aliphatic heterocycles. The van der Waals surface area contributed by atoms with E-state index in [9.17, 15) is 0 Å². The van der Waals surface area contributed by atoms with E-state index < -0.39 is 0 Å². The molecular weight excluding hydrogens is 358 g/mol. The zero-order valence-corrected chi connectivity index (χ0v) is 15.9. The Hall–Kier alpha value is -2.86. The number of nitrogens with zero attached hydrogens (tertiary/aromatic N) is 1. The van der Waals surface area contributed by atoms with Crippen LogP contribution in [0.1, 0.15) is 19.3 Å². The Morgan fingerprint density at radius 1 is 0.963 bits per heavy atom. The molecule has 5 nitrogen and oxygen atoms in total. The summed E-state index contributed by atoms with van der Waals surface area (Å²) in [7, 11) is 0. The van der Waals surface area contributed by atoms with Gasteiger partial charge in [-0.15, -0.1) is 0 Å². The van der Waals surface area contributed by atoms with Crippen LogP contribution in [-0.4, -0.2) is 23.3 Å². The van der Waals surface area contributed by atoms with E-state index in [2.05, 4.69) is 10.3 Å². The molecule has 140 valence electrons. The number of aromatic nitrogens is 1. The molecule has 0 fully saturated rings. The molecule has 3 rings (SSSR count).